The smallest absolute Gasteiger partial charge is 0.161 e. The molecule has 0 aliphatic heterocycles. The molecular weight excluding hydrogens is 176 g/mol. The number of ether oxygens (including phenoxy) is 1. The minimum atomic E-state index is 0.0564. The van der Waals surface area contributed by atoms with Crippen molar-refractivity contribution < 1.29 is 9.53 Å². The third-order valence-corrected chi connectivity index (χ3v) is 1.82. The van der Waals surface area contributed by atoms with Crippen molar-refractivity contribution in [2.75, 3.05) is 6.61 Å². The first-order valence-electron chi connectivity index (χ1n) is 4.56. The molecule has 1 aromatic rings. The molecule has 0 amide bonds. The number of carbonyl (C=O) groups is 1. The van der Waals surface area contributed by atoms with Crippen LogP contribution in [0.25, 0.3) is 0 Å². The summed E-state index contributed by atoms with van der Waals surface area (Å²) in [5.74, 6) is 0.850. The highest BCUT2D eigenvalue weighted by atomic mass is 16.5. The van der Waals surface area contributed by atoms with Gasteiger partial charge in [0.2, 0.25) is 0 Å². The Balaban J connectivity index is 2.29. The standard InChI is InChI=1S/C12H14O2/c1-10(2)12(13)8-9-14-11-6-4-3-5-7-11/h3-7H,1,8-9H2,2H3. The lowest BCUT2D eigenvalue weighted by Gasteiger charge is -2.04. The number of ketones is 1. The Morgan fingerprint density at radius 3 is 2.57 bits per heavy atom. The summed E-state index contributed by atoms with van der Waals surface area (Å²) in [5.41, 5.74) is 0.585. The van der Waals surface area contributed by atoms with Crippen LogP contribution in [0.4, 0.5) is 0 Å². The molecule has 0 saturated heterocycles. The number of rotatable bonds is 5. The maximum absolute atomic E-state index is 11.2. The Labute approximate surface area is 84.2 Å². The molecule has 0 aliphatic rings. The summed E-state index contributed by atoms with van der Waals surface area (Å²) in [6.45, 7) is 5.70. The number of carbonyl (C=O) groups excluding carboxylic acids is 1. The molecule has 0 fully saturated rings. The Bertz CT molecular complexity index is 314. The van der Waals surface area contributed by atoms with Gasteiger partial charge in [-0.25, -0.2) is 0 Å². The number of hydrogen-bond acceptors (Lipinski definition) is 2. The zero-order valence-corrected chi connectivity index (χ0v) is 8.32. The zero-order chi connectivity index (χ0) is 10.4. The molecule has 14 heavy (non-hydrogen) atoms. The number of hydrogen-bond donors (Lipinski definition) is 0. The summed E-state index contributed by atoms with van der Waals surface area (Å²) in [6.07, 6.45) is 0.393. The Kier molecular flexibility index (Phi) is 3.92. The van der Waals surface area contributed by atoms with E-state index in [1.54, 1.807) is 6.92 Å². The van der Waals surface area contributed by atoms with Crippen LogP contribution in [0.5, 0.6) is 5.75 Å². The molecule has 0 spiro atoms. The van der Waals surface area contributed by atoms with Crippen LogP contribution in [0.1, 0.15) is 13.3 Å². The average molecular weight is 190 g/mol. The van der Waals surface area contributed by atoms with Crippen molar-refractivity contribution in [3.05, 3.63) is 42.5 Å². The van der Waals surface area contributed by atoms with Crippen molar-refractivity contribution in [1.29, 1.82) is 0 Å². The highest BCUT2D eigenvalue weighted by Crippen LogP contribution is 2.08. The van der Waals surface area contributed by atoms with Gasteiger partial charge in [-0.05, 0) is 24.6 Å². The number of allylic oxidation sites excluding steroid dienone is 1. The number of para-hydroxylation sites is 1. The molecular formula is C12H14O2. The van der Waals surface area contributed by atoms with Crippen molar-refractivity contribution in [3.8, 4) is 5.75 Å². The van der Waals surface area contributed by atoms with E-state index in [-0.39, 0.29) is 5.78 Å². The van der Waals surface area contributed by atoms with Crippen molar-refractivity contribution in [2.45, 2.75) is 13.3 Å². The van der Waals surface area contributed by atoms with Gasteiger partial charge in [0.05, 0.1) is 6.61 Å². The summed E-state index contributed by atoms with van der Waals surface area (Å²) in [4.78, 5) is 11.2. The second kappa shape index (κ2) is 5.22. The van der Waals surface area contributed by atoms with E-state index in [1.165, 1.54) is 0 Å². The molecule has 0 bridgehead atoms. The molecule has 1 aromatic carbocycles. The molecule has 0 aromatic heterocycles. The summed E-state index contributed by atoms with van der Waals surface area (Å²) in [6, 6.07) is 9.45. The Morgan fingerprint density at radius 2 is 2.00 bits per heavy atom. The second-order valence-electron chi connectivity index (χ2n) is 3.12. The van der Waals surface area contributed by atoms with Gasteiger partial charge in [-0.2, -0.15) is 0 Å². The first kappa shape index (κ1) is 10.5. The van der Waals surface area contributed by atoms with Crippen LogP contribution in [-0.4, -0.2) is 12.4 Å². The van der Waals surface area contributed by atoms with Crippen LogP contribution in [0, 0.1) is 0 Å². The molecule has 0 unspecified atom stereocenters. The predicted octanol–water partition coefficient (Wildman–Crippen LogP) is 2.60. The molecule has 0 aliphatic carbocycles. The van der Waals surface area contributed by atoms with Gasteiger partial charge < -0.3 is 4.74 Å². The highest BCUT2D eigenvalue weighted by molar-refractivity contribution is 5.94. The normalized spacial score (nSPS) is 9.50. The van der Waals surface area contributed by atoms with Gasteiger partial charge in [0.1, 0.15) is 5.75 Å². The lowest BCUT2D eigenvalue weighted by atomic mass is 10.2. The quantitative estimate of drug-likeness (QED) is 0.667. The van der Waals surface area contributed by atoms with Gasteiger partial charge >= 0.3 is 0 Å². The van der Waals surface area contributed by atoms with Crippen molar-refractivity contribution in [2.24, 2.45) is 0 Å². The minimum Gasteiger partial charge on any atom is -0.493 e. The van der Waals surface area contributed by atoms with Crippen molar-refractivity contribution >= 4 is 5.78 Å². The molecule has 2 heteroatoms. The number of benzene rings is 1. The topological polar surface area (TPSA) is 26.3 Å². The Morgan fingerprint density at radius 1 is 1.36 bits per heavy atom. The van der Waals surface area contributed by atoms with Gasteiger partial charge in [-0.15, -0.1) is 0 Å². The van der Waals surface area contributed by atoms with Gasteiger partial charge in [-0.1, -0.05) is 24.8 Å². The molecule has 0 atom stereocenters. The van der Waals surface area contributed by atoms with Crippen LogP contribution in [0.15, 0.2) is 42.5 Å². The maximum atomic E-state index is 11.2. The fourth-order valence-electron chi connectivity index (χ4n) is 0.992. The molecule has 74 valence electrons. The van der Waals surface area contributed by atoms with E-state index < -0.39 is 0 Å². The average Bonchev–Trinajstić information content (AvgIpc) is 2.19. The minimum absolute atomic E-state index is 0.0564. The molecule has 1 rings (SSSR count). The van der Waals surface area contributed by atoms with E-state index in [4.69, 9.17) is 4.74 Å². The van der Waals surface area contributed by atoms with Crippen LogP contribution >= 0.6 is 0 Å². The summed E-state index contributed by atoms with van der Waals surface area (Å²) in [7, 11) is 0. The summed E-state index contributed by atoms with van der Waals surface area (Å²) in [5, 5.41) is 0. The highest BCUT2D eigenvalue weighted by Gasteiger charge is 2.01. The van der Waals surface area contributed by atoms with E-state index in [0.717, 1.165) is 5.75 Å². The SMILES string of the molecule is C=C(C)C(=O)CCOc1ccccc1. The second-order valence-corrected chi connectivity index (χ2v) is 3.12. The molecule has 2 nitrogen and oxygen atoms in total. The fourth-order valence-corrected chi connectivity index (χ4v) is 0.992. The monoisotopic (exact) mass is 190 g/mol. The van der Waals surface area contributed by atoms with Gasteiger partial charge in [0.25, 0.3) is 0 Å². The summed E-state index contributed by atoms with van der Waals surface area (Å²) >= 11 is 0. The molecule has 0 radical (unpaired) electrons. The predicted molar refractivity (Wildman–Crippen MR) is 56.4 cm³/mol. The largest absolute Gasteiger partial charge is 0.493 e. The van der Waals surface area contributed by atoms with Crippen LogP contribution < -0.4 is 4.74 Å². The fraction of sp³-hybridized carbons (Fsp3) is 0.250. The van der Waals surface area contributed by atoms with E-state index >= 15 is 0 Å². The van der Waals surface area contributed by atoms with Crippen LogP contribution in [0.2, 0.25) is 0 Å². The molecule has 0 N–H and O–H groups in total. The van der Waals surface area contributed by atoms with E-state index in [0.29, 0.717) is 18.6 Å². The van der Waals surface area contributed by atoms with E-state index in [1.807, 2.05) is 30.3 Å². The van der Waals surface area contributed by atoms with Crippen LogP contribution in [0.3, 0.4) is 0 Å². The van der Waals surface area contributed by atoms with Crippen molar-refractivity contribution in [3.63, 3.8) is 0 Å². The first-order valence-corrected chi connectivity index (χ1v) is 4.56. The van der Waals surface area contributed by atoms with E-state index in [9.17, 15) is 4.79 Å². The maximum Gasteiger partial charge on any atom is 0.161 e. The lowest BCUT2D eigenvalue weighted by Crippen LogP contribution is -2.06. The molecule has 0 saturated carbocycles. The number of Topliss-reactive ketones (excluding diaryl/α,β-unsaturated/α-hetero) is 1. The van der Waals surface area contributed by atoms with Crippen LogP contribution in [-0.2, 0) is 4.79 Å². The van der Waals surface area contributed by atoms with Gasteiger partial charge in [0.15, 0.2) is 5.78 Å². The van der Waals surface area contributed by atoms with Gasteiger partial charge in [-0.3, -0.25) is 4.79 Å². The zero-order valence-electron chi connectivity index (χ0n) is 8.32. The summed E-state index contributed by atoms with van der Waals surface area (Å²) < 4.78 is 5.36. The van der Waals surface area contributed by atoms with Gasteiger partial charge in [0, 0.05) is 6.42 Å². The molecule has 0 heterocycles. The Hall–Kier alpha value is -1.57. The third kappa shape index (κ3) is 3.44. The van der Waals surface area contributed by atoms with Crippen molar-refractivity contribution in [1.82, 2.24) is 0 Å². The third-order valence-electron chi connectivity index (χ3n) is 1.82. The first-order chi connectivity index (χ1) is 6.70. The lowest BCUT2D eigenvalue weighted by molar-refractivity contribution is -0.115. The van der Waals surface area contributed by atoms with E-state index in [2.05, 4.69) is 6.58 Å².